The standard InChI is InChI=1S/C16H22N4O2S/c1-4-19-8-9-20(11-12(19)15-17-6-7-18(15)2)16(21)14-13(22-3)5-10-23-14/h5-7,10,12H,4,8-9,11H2,1-3H3/t12-/m0/s1. The van der Waals surface area contributed by atoms with Crippen molar-refractivity contribution in [2.75, 3.05) is 33.3 Å². The molecule has 0 bridgehead atoms. The summed E-state index contributed by atoms with van der Waals surface area (Å²) in [5, 5.41) is 1.89. The molecule has 1 aliphatic rings. The van der Waals surface area contributed by atoms with Crippen molar-refractivity contribution in [1.29, 1.82) is 0 Å². The molecule has 3 heterocycles. The monoisotopic (exact) mass is 334 g/mol. The fourth-order valence-corrected chi connectivity index (χ4v) is 3.91. The number of ether oxygens (including phenoxy) is 1. The predicted octanol–water partition coefficient (Wildman–Crippen LogP) is 2.01. The number of methoxy groups -OCH3 is 1. The molecule has 2 aromatic heterocycles. The van der Waals surface area contributed by atoms with Gasteiger partial charge in [-0.25, -0.2) is 4.98 Å². The van der Waals surface area contributed by atoms with Crippen molar-refractivity contribution in [1.82, 2.24) is 19.4 Å². The highest BCUT2D eigenvalue weighted by Crippen LogP contribution is 2.29. The van der Waals surface area contributed by atoms with E-state index in [1.165, 1.54) is 11.3 Å². The van der Waals surface area contributed by atoms with E-state index in [1.54, 1.807) is 7.11 Å². The molecule has 0 N–H and O–H groups in total. The second-order valence-electron chi connectivity index (χ2n) is 5.61. The van der Waals surface area contributed by atoms with E-state index >= 15 is 0 Å². The zero-order valence-electron chi connectivity index (χ0n) is 13.7. The van der Waals surface area contributed by atoms with Crippen LogP contribution in [0.15, 0.2) is 23.8 Å². The highest BCUT2D eigenvalue weighted by Gasteiger charge is 2.33. The molecule has 1 saturated heterocycles. The molecule has 0 unspecified atom stereocenters. The van der Waals surface area contributed by atoms with Crippen LogP contribution in [0.25, 0.3) is 0 Å². The zero-order valence-corrected chi connectivity index (χ0v) is 14.5. The quantitative estimate of drug-likeness (QED) is 0.858. The maximum absolute atomic E-state index is 12.8. The first-order valence-electron chi connectivity index (χ1n) is 7.77. The molecule has 3 rings (SSSR count). The smallest absolute Gasteiger partial charge is 0.267 e. The number of nitrogens with zero attached hydrogens (tertiary/aromatic N) is 4. The Kier molecular flexibility index (Phi) is 4.68. The minimum Gasteiger partial charge on any atom is -0.495 e. The third-order valence-electron chi connectivity index (χ3n) is 4.38. The third-order valence-corrected chi connectivity index (χ3v) is 5.27. The summed E-state index contributed by atoms with van der Waals surface area (Å²) in [6.45, 7) is 5.33. The third kappa shape index (κ3) is 2.98. The molecule has 2 aromatic rings. The molecule has 124 valence electrons. The molecule has 0 aliphatic carbocycles. The average molecular weight is 334 g/mol. The summed E-state index contributed by atoms with van der Waals surface area (Å²) in [5.41, 5.74) is 0. The Hall–Kier alpha value is -1.86. The van der Waals surface area contributed by atoms with E-state index in [2.05, 4.69) is 16.8 Å². The fraction of sp³-hybridized carbons (Fsp3) is 0.500. The van der Waals surface area contributed by atoms with Gasteiger partial charge in [-0.1, -0.05) is 6.92 Å². The number of carbonyl (C=O) groups excluding carboxylic acids is 1. The van der Waals surface area contributed by atoms with Gasteiger partial charge < -0.3 is 14.2 Å². The van der Waals surface area contributed by atoms with E-state index in [0.29, 0.717) is 17.2 Å². The van der Waals surface area contributed by atoms with Crippen LogP contribution in [0, 0.1) is 0 Å². The predicted molar refractivity (Wildman–Crippen MR) is 90.0 cm³/mol. The summed E-state index contributed by atoms with van der Waals surface area (Å²) in [4.78, 5) is 22.3. The van der Waals surface area contributed by atoms with Gasteiger partial charge >= 0.3 is 0 Å². The summed E-state index contributed by atoms with van der Waals surface area (Å²) in [6.07, 6.45) is 3.76. The maximum atomic E-state index is 12.8. The number of amides is 1. The Morgan fingerprint density at radius 3 is 2.96 bits per heavy atom. The van der Waals surface area contributed by atoms with Crippen LogP contribution in [0.1, 0.15) is 28.5 Å². The first kappa shape index (κ1) is 16.0. The van der Waals surface area contributed by atoms with Crippen LogP contribution in [-0.4, -0.2) is 58.5 Å². The van der Waals surface area contributed by atoms with Gasteiger partial charge in [-0.3, -0.25) is 9.69 Å². The Morgan fingerprint density at radius 1 is 1.48 bits per heavy atom. The van der Waals surface area contributed by atoms with Crippen molar-refractivity contribution in [3.8, 4) is 5.75 Å². The number of carbonyl (C=O) groups is 1. The van der Waals surface area contributed by atoms with Crippen LogP contribution in [0.5, 0.6) is 5.75 Å². The average Bonchev–Trinajstić information content (AvgIpc) is 3.22. The van der Waals surface area contributed by atoms with Crippen molar-refractivity contribution in [2.45, 2.75) is 13.0 Å². The Labute approximate surface area is 140 Å². The molecule has 6 nitrogen and oxygen atoms in total. The van der Waals surface area contributed by atoms with Crippen molar-refractivity contribution in [2.24, 2.45) is 7.05 Å². The largest absolute Gasteiger partial charge is 0.495 e. The lowest BCUT2D eigenvalue weighted by molar-refractivity contribution is 0.0474. The highest BCUT2D eigenvalue weighted by atomic mass is 32.1. The zero-order chi connectivity index (χ0) is 16.4. The van der Waals surface area contributed by atoms with Crippen LogP contribution < -0.4 is 4.74 Å². The molecule has 23 heavy (non-hydrogen) atoms. The molecule has 0 aromatic carbocycles. The second kappa shape index (κ2) is 6.72. The van der Waals surface area contributed by atoms with E-state index in [4.69, 9.17) is 4.74 Å². The second-order valence-corrected chi connectivity index (χ2v) is 6.53. The van der Waals surface area contributed by atoms with Crippen molar-refractivity contribution in [3.05, 3.63) is 34.5 Å². The minimum atomic E-state index is 0.0480. The number of hydrogen-bond acceptors (Lipinski definition) is 5. The molecule has 1 amide bonds. The summed E-state index contributed by atoms with van der Waals surface area (Å²) < 4.78 is 7.33. The number of imidazole rings is 1. The van der Waals surface area contributed by atoms with Crippen LogP contribution >= 0.6 is 11.3 Å². The lowest BCUT2D eigenvalue weighted by Gasteiger charge is -2.40. The van der Waals surface area contributed by atoms with Crippen LogP contribution in [0.4, 0.5) is 0 Å². The van der Waals surface area contributed by atoms with Crippen molar-refractivity contribution < 1.29 is 9.53 Å². The number of thiophene rings is 1. The number of likely N-dealkylation sites (N-methyl/N-ethyl adjacent to an activating group) is 1. The van der Waals surface area contributed by atoms with Crippen LogP contribution in [-0.2, 0) is 7.05 Å². The molecule has 0 radical (unpaired) electrons. The summed E-state index contributed by atoms with van der Waals surface area (Å²) in [6, 6.07) is 1.97. The van der Waals surface area contributed by atoms with Gasteiger partial charge in [-0.15, -0.1) is 11.3 Å². The summed E-state index contributed by atoms with van der Waals surface area (Å²) >= 11 is 1.43. The maximum Gasteiger partial charge on any atom is 0.267 e. The summed E-state index contributed by atoms with van der Waals surface area (Å²) in [5.74, 6) is 1.71. The van der Waals surface area contributed by atoms with Crippen molar-refractivity contribution in [3.63, 3.8) is 0 Å². The van der Waals surface area contributed by atoms with Gasteiger partial charge in [0.05, 0.1) is 13.2 Å². The fourth-order valence-electron chi connectivity index (χ4n) is 3.08. The number of aryl methyl sites for hydroxylation is 1. The Morgan fingerprint density at radius 2 is 2.30 bits per heavy atom. The molecule has 1 fully saturated rings. The molecule has 1 atom stereocenters. The van der Waals surface area contributed by atoms with Gasteiger partial charge in [0, 0.05) is 39.1 Å². The van der Waals surface area contributed by atoms with E-state index in [-0.39, 0.29) is 11.9 Å². The number of piperazine rings is 1. The first-order chi connectivity index (χ1) is 11.2. The summed E-state index contributed by atoms with van der Waals surface area (Å²) in [7, 11) is 3.60. The van der Waals surface area contributed by atoms with Crippen LogP contribution in [0.3, 0.4) is 0 Å². The molecule has 0 spiro atoms. The highest BCUT2D eigenvalue weighted by molar-refractivity contribution is 7.12. The Bertz CT molecular complexity index is 681. The van der Waals surface area contributed by atoms with Gasteiger partial charge in [-0.2, -0.15) is 0 Å². The van der Waals surface area contributed by atoms with Gasteiger partial charge in [-0.05, 0) is 18.0 Å². The Balaban J connectivity index is 1.83. The topological polar surface area (TPSA) is 50.6 Å². The van der Waals surface area contributed by atoms with Gasteiger partial charge in [0.2, 0.25) is 0 Å². The van der Waals surface area contributed by atoms with E-state index < -0.39 is 0 Å². The normalized spacial score (nSPS) is 19.1. The van der Waals surface area contributed by atoms with E-state index in [9.17, 15) is 4.79 Å². The SMILES string of the molecule is CCN1CCN(C(=O)c2sccc2OC)C[C@H]1c1nccn1C. The van der Waals surface area contributed by atoms with Crippen molar-refractivity contribution >= 4 is 17.2 Å². The first-order valence-corrected chi connectivity index (χ1v) is 8.65. The molecule has 0 saturated carbocycles. The van der Waals surface area contributed by atoms with Gasteiger partial charge in [0.1, 0.15) is 16.5 Å². The van der Waals surface area contributed by atoms with Gasteiger partial charge in [0.25, 0.3) is 5.91 Å². The lowest BCUT2D eigenvalue weighted by atomic mass is 10.1. The molecule has 7 heteroatoms. The number of hydrogen-bond donors (Lipinski definition) is 0. The lowest BCUT2D eigenvalue weighted by Crippen LogP contribution is -2.50. The number of rotatable bonds is 4. The molecule has 1 aliphatic heterocycles. The van der Waals surface area contributed by atoms with Crippen LogP contribution in [0.2, 0.25) is 0 Å². The molecular formula is C16H22N4O2S. The van der Waals surface area contributed by atoms with E-state index in [0.717, 1.165) is 25.5 Å². The van der Waals surface area contributed by atoms with Gasteiger partial charge in [0.15, 0.2) is 0 Å². The minimum absolute atomic E-state index is 0.0480. The molecular weight excluding hydrogens is 312 g/mol. The number of aromatic nitrogens is 2. The van der Waals surface area contributed by atoms with E-state index in [1.807, 2.05) is 40.4 Å².